The Morgan fingerprint density at radius 3 is 2.63 bits per heavy atom. The minimum absolute atomic E-state index is 0.0439. The Morgan fingerprint density at radius 2 is 2.00 bits per heavy atom. The van der Waals surface area contributed by atoms with Crippen LogP contribution in [0.5, 0.6) is 11.5 Å². The van der Waals surface area contributed by atoms with E-state index in [2.05, 4.69) is 0 Å². The number of nitrogens with zero attached hydrogens (tertiary/aromatic N) is 1. The molecule has 0 aliphatic carbocycles. The Balaban J connectivity index is 2.76. The van der Waals surface area contributed by atoms with Gasteiger partial charge < -0.3 is 13.9 Å². The van der Waals surface area contributed by atoms with E-state index in [1.54, 1.807) is 18.2 Å². The van der Waals surface area contributed by atoms with Crippen LogP contribution in [-0.4, -0.2) is 13.2 Å². The van der Waals surface area contributed by atoms with Gasteiger partial charge in [-0.25, -0.2) is 0 Å². The molecule has 98 valence electrons. The molecule has 0 spiro atoms. The monoisotopic (exact) mass is 259 g/mol. The molecule has 0 saturated heterocycles. The van der Waals surface area contributed by atoms with Crippen LogP contribution in [0.3, 0.4) is 0 Å². The summed E-state index contributed by atoms with van der Waals surface area (Å²) in [5.74, 6) is 0.931. The van der Waals surface area contributed by atoms with Crippen molar-refractivity contribution in [3.8, 4) is 17.6 Å². The fourth-order valence-electron chi connectivity index (χ4n) is 1.79. The molecule has 1 aromatic carbocycles. The van der Waals surface area contributed by atoms with Crippen molar-refractivity contribution in [2.75, 3.05) is 13.2 Å². The van der Waals surface area contributed by atoms with Crippen LogP contribution in [-0.2, 0) is 0 Å². The third-order valence-corrected chi connectivity index (χ3v) is 2.55. The van der Waals surface area contributed by atoms with E-state index in [0.29, 0.717) is 30.3 Å². The molecule has 1 heterocycles. The van der Waals surface area contributed by atoms with Gasteiger partial charge in [0, 0.05) is 12.1 Å². The Hall–Kier alpha value is -2.48. The molecule has 5 nitrogen and oxygen atoms in total. The third kappa shape index (κ3) is 2.38. The van der Waals surface area contributed by atoms with Gasteiger partial charge in [0.05, 0.1) is 13.2 Å². The van der Waals surface area contributed by atoms with Gasteiger partial charge >= 0.3 is 0 Å². The van der Waals surface area contributed by atoms with Crippen molar-refractivity contribution in [2.24, 2.45) is 0 Å². The predicted octanol–water partition coefficient (Wildman–Crippen LogP) is 2.46. The highest BCUT2D eigenvalue weighted by Crippen LogP contribution is 2.29. The Labute approximate surface area is 110 Å². The smallest absolute Gasteiger partial charge is 0.214 e. The summed E-state index contributed by atoms with van der Waals surface area (Å²) in [6.07, 6.45) is 1.15. The molecule has 0 aliphatic heterocycles. The lowest BCUT2D eigenvalue weighted by Gasteiger charge is -2.10. The molecule has 0 N–H and O–H groups in total. The molecular weight excluding hydrogens is 246 g/mol. The van der Waals surface area contributed by atoms with Gasteiger partial charge in [-0.2, -0.15) is 5.26 Å². The van der Waals surface area contributed by atoms with Gasteiger partial charge in [-0.3, -0.25) is 4.79 Å². The van der Waals surface area contributed by atoms with E-state index in [1.807, 2.05) is 13.8 Å². The molecule has 0 saturated carbocycles. The van der Waals surface area contributed by atoms with E-state index in [4.69, 9.17) is 19.2 Å². The highest BCUT2D eigenvalue weighted by Gasteiger charge is 2.14. The average molecular weight is 259 g/mol. The Kier molecular flexibility index (Phi) is 3.71. The lowest BCUT2D eigenvalue weighted by molar-refractivity contribution is 0.325. The lowest BCUT2D eigenvalue weighted by atomic mass is 10.1. The average Bonchev–Trinajstić information content (AvgIpc) is 2.39. The summed E-state index contributed by atoms with van der Waals surface area (Å²) in [6, 6.07) is 5.05. The fraction of sp³-hybridized carbons (Fsp3) is 0.286. The van der Waals surface area contributed by atoms with Crippen molar-refractivity contribution in [2.45, 2.75) is 13.8 Å². The Bertz CT molecular complexity index is 697. The quantitative estimate of drug-likeness (QED) is 0.843. The molecule has 0 fully saturated rings. The van der Waals surface area contributed by atoms with Crippen molar-refractivity contribution in [1.29, 1.82) is 5.26 Å². The van der Waals surface area contributed by atoms with Crippen LogP contribution in [0.1, 0.15) is 19.4 Å². The fourth-order valence-corrected chi connectivity index (χ4v) is 1.79. The number of nitriles is 1. The molecule has 0 radical (unpaired) electrons. The van der Waals surface area contributed by atoms with Crippen LogP contribution < -0.4 is 14.9 Å². The van der Waals surface area contributed by atoms with Crippen LogP contribution in [0.15, 0.2) is 27.6 Å². The summed E-state index contributed by atoms with van der Waals surface area (Å²) in [5.41, 5.74) is -0.0914. The van der Waals surface area contributed by atoms with E-state index >= 15 is 0 Å². The third-order valence-electron chi connectivity index (χ3n) is 2.55. The maximum Gasteiger partial charge on any atom is 0.214 e. The standard InChI is InChI=1S/C14H13NO4/c1-3-17-10-5-11(18-4-2)13-12(6-10)19-8-9(7-15)14(13)16/h5-6,8H,3-4H2,1-2H3. The summed E-state index contributed by atoms with van der Waals surface area (Å²) in [4.78, 5) is 12.1. The van der Waals surface area contributed by atoms with Crippen LogP contribution in [0.4, 0.5) is 0 Å². The van der Waals surface area contributed by atoms with Crippen LogP contribution in [0.2, 0.25) is 0 Å². The number of hydrogen-bond acceptors (Lipinski definition) is 5. The van der Waals surface area contributed by atoms with Crippen LogP contribution >= 0.6 is 0 Å². The second-order valence-electron chi connectivity index (χ2n) is 3.75. The van der Waals surface area contributed by atoms with E-state index in [9.17, 15) is 4.79 Å². The molecule has 0 aliphatic rings. The van der Waals surface area contributed by atoms with Gasteiger partial charge in [0.2, 0.25) is 5.43 Å². The van der Waals surface area contributed by atoms with Crippen molar-refractivity contribution in [3.63, 3.8) is 0 Å². The molecule has 0 bridgehead atoms. The van der Waals surface area contributed by atoms with Crippen LogP contribution in [0, 0.1) is 11.3 Å². The van der Waals surface area contributed by atoms with Gasteiger partial charge in [-0.05, 0) is 13.8 Å². The topological polar surface area (TPSA) is 72.5 Å². The summed E-state index contributed by atoms with van der Waals surface area (Å²) in [7, 11) is 0. The summed E-state index contributed by atoms with van der Waals surface area (Å²) < 4.78 is 16.1. The highest BCUT2D eigenvalue weighted by molar-refractivity contribution is 5.85. The maximum absolute atomic E-state index is 12.1. The van der Waals surface area contributed by atoms with Gasteiger partial charge in [0.25, 0.3) is 0 Å². The second kappa shape index (κ2) is 5.44. The molecule has 2 aromatic rings. The normalized spacial score (nSPS) is 10.2. The van der Waals surface area contributed by atoms with Crippen molar-refractivity contribution >= 4 is 11.0 Å². The molecule has 5 heteroatoms. The first-order chi connectivity index (χ1) is 9.21. The molecule has 0 unspecified atom stereocenters. The second-order valence-corrected chi connectivity index (χ2v) is 3.75. The molecular formula is C14H13NO4. The molecule has 19 heavy (non-hydrogen) atoms. The summed E-state index contributed by atoms with van der Waals surface area (Å²) in [5, 5.41) is 9.13. The number of rotatable bonds is 4. The minimum atomic E-state index is -0.393. The van der Waals surface area contributed by atoms with Gasteiger partial charge in [0.15, 0.2) is 0 Å². The first kappa shape index (κ1) is 13.0. The largest absolute Gasteiger partial charge is 0.494 e. The summed E-state index contributed by atoms with van der Waals surface area (Å²) >= 11 is 0. The molecule has 0 atom stereocenters. The molecule has 0 amide bonds. The van der Waals surface area contributed by atoms with Crippen molar-refractivity contribution in [1.82, 2.24) is 0 Å². The zero-order valence-corrected chi connectivity index (χ0v) is 10.7. The number of ether oxygens (including phenoxy) is 2. The van der Waals surface area contributed by atoms with Crippen LogP contribution in [0.25, 0.3) is 11.0 Å². The van der Waals surface area contributed by atoms with Gasteiger partial charge in [0.1, 0.15) is 40.4 Å². The first-order valence-electron chi connectivity index (χ1n) is 5.96. The highest BCUT2D eigenvalue weighted by atomic mass is 16.5. The van der Waals surface area contributed by atoms with Gasteiger partial charge in [-0.15, -0.1) is 0 Å². The van der Waals surface area contributed by atoms with Crippen molar-refractivity contribution in [3.05, 3.63) is 34.2 Å². The SMILES string of the molecule is CCOc1cc(OCC)c2c(=O)c(C#N)coc2c1. The zero-order chi connectivity index (χ0) is 13.8. The van der Waals surface area contributed by atoms with E-state index in [0.717, 1.165) is 6.26 Å². The maximum atomic E-state index is 12.1. The number of hydrogen-bond donors (Lipinski definition) is 0. The molecule has 2 rings (SSSR count). The number of fused-ring (bicyclic) bond motifs is 1. The molecule has 1 aromatic heterocycles. The van der Waals surface area contributed by atoms with E-state index in [1.165, 1.54) is 0 Å². The summed E-state index contributed by atoms with van der Waals surface area (Å²) in [6.45, 7) is 4.58. The number of benzene rings is 1. The first-order valence-corrected chi connectivity index (χ1v) is 5.96. The lowest BCUT2D eigenvalue weighted by Crippen LogP contribution is -2.08. The predicted molar refractivity (Wildman–Crippen MR) is 69.5 cm³/mol. The minimum Gasteiger partial charge on any atom is -0.494 e. The van der Waals surface area contributed by atoms with Gasteiger partial charge in [-0.1, -0.05) is 0 Å². The Morgan fingerprint density at radius 1 is 1.26 bits per heavy atom. The van der Waals surface area contributed by atoms with Crippen molar-refractivity contribution < 1.29 is 13.9 Å². The van der Waals surface area contributed by atoms with E-state index in [-0.39, 0.29) is 10.9 Å². The van der Waals surface area contributed by atoms with E-state index < -0.39 is 5.43 Å². The zero-order valence-electron chi connectivity index (χ0n) is 10.7.